The summed E-state index contributed by atoms with van der Waals surface area (Å²) in [7, 11) is 3.30. The van der Waals surface area contributed by atoms with Gasteiger partial charge in [-0.05, 0) is 67.9 Å². The van der Waals surface area contributed by atoms with E-state index < -0.39 is 0 Å². The highest BCUT2D eigenvalue weighted by molar-refractivity contribution is 5.82. The Kier molecular flexibility index (Phi) is 13.1. The van der Waals surface area contributed by atoms with Crippen LogP contribution in [0.4, 0.5) is 0 Å². The maximum absolute atomic E-state index is 11.8. The lowest BCUT2D eigenvalue weighted by Gasteiger charge is -2.32. The van der Waals surface area contributed by atoms with Gasteiger partial charge in [-0.2, -0.15) is 0 Å². The number of fused-ring (bicyclic) bond motifs is 1. The number of hydrogen-bond donors (Lipinski definition) is 2. The minimum absolute atomic E-state index is 0.0174. The van der Waals surface area contributed by atoms with E-state index in [1.807, 2.05) is 82.3 Å². The van der Waals surface area contributed by atoms with Gasteiger partial charge in [0.2, 0.25) is 12.3 Å². The Morgan fingerprint density at radius 3 is 2.17 bits per heavy atom. The number of nitrogens with zero attached hydrogens (tertiary/aromatic N) is 2. The molecule has 0 atom stereocenters. The van der Waals surface area contributed by atoms with Crippen molar-refractivity contribution in [2.24, 2.45) is 0 Å². The summed E-state index contributed by atoms with van der Waals surface area (Å²) >= 11 is 0. The van der Waals surface area contributed by atoms with E-state index in [-0.39, 0.29) is 12.5 Å². The van der Waals surface area contributed by atoms with E-state index in [1.54, 1.807) is 31.3 Å². The number of amides is 2. The van der Waals surface area contributed by atoms with E-state index in [2.05, 4.69) is 11.1 Å². The van der Waals surface area contributed by atoms with E-state index >= 15 is 0 Å². The molecule has 0 radical (unpaired) electrons. The summed E-state index contributed by atoms with van der Waals surface area (Å²) in [5.74, 6) is 2.00. The molecular weight excluding hydrogens is 506 g/mol. The quantitative estimate of drug-likeness (QED) is 0.312. The van der Waals surface area contributed by atoms with E-state index in [4.69, 9.17) is 14.6 Å². The predicted octanol–water partition coefficient (Wildman–Crippen LogP) is 5.71. The van der Waals surface area contributed by atoms with Gasteiger partial charge in [0, 0.05) is 36.2 Å². The van der Waals surface area contributed by atoms with Gasteiger partial charge < -0.3 is 29.4 Å². The lowest BCUT2D eigenvalue weighted by molar-refractivity contribution is -0.140. The number of methoxy groups -OCH3 is 2. The lowest BCUT2D eigenvalue weighted by Crippen LogP contribution is -2.49. The van der Waals surface area contributed by atoms with Crippen molar-refractivity contribution < 1.29 is 24.2 Å². The first kappa shape index (κ1) is 31.8. The summed E-state index contributed by atoms with van der Waals surface area (Å²) in [6, 6.07) is 22.9. The SMILES string of the molecule is CC.COc1ccc2[nH]c(C)cc2c1.COc1cccc(CN2CCN(C=O)CC2=O)c1.Cc1ccc(O)cc1. The molecule has 5 rings (SSSR count). The Morgan fingerprint density at radius 1 is 0.900 bits per heavy atom. The molecule has 2 amide bonds. The molecule has 8 nitrogen and oxygen atoms in total. The molecule has 1 aliphatic rings. The van der Waals surface area contributed by atoms with Crippen LogP contribution in [-0.4, -0.2) is 66.1 Å². The molecule has 40 heavy (non-hydrogen) atoms. The first-order valence-corrected chi connectivity index (χ1v) is 13.3. The number of aromatic hydroxyl groups is 1. The van der Waals surface area contributed by atoms with Crippen molar-refractivity contribution in [1.29, 1.82) is 0 Å². The molecule has 0 unspecified atom stereocenters. The van der Waals surface area contributed by atoms with Crippen LogP contribution in [0.25, 0.3) is 10.9 Å². The third-order valence-corrected chi connectivity index (χ3v) is 6.00. The molecule has 0 bridgehead atoms. The summed E-state index contributed by atoms with van der Waals surface area (Å²) in [6.07, 6.45) is 0.723. The largest absolute Gasteiger partial charge is 0.508 e. The van der Waals surface area contributed by atoms with Crippen LogP contribution in [0.3, 0.4) is 0 Å². The van der Waals surface area contributed by atoms with Gasteiger partial charge in [-0.1, -0.05) is 43.7 Å². The first-order valence-electron chi connectivity index (χ1n) is 13.3. The molecule has 1 saturated heterocycles. The predicted molar refractivity (Wildman–Crippen MR) is 160 cm³/mol. The number of benzene rings is 3. The topological polar surface area (TPSA) is 95.1 Å². The first-order chi connectivity index (χ1) is 19.3. The van der Waals surface area contributed by atoms with Crippen LogP contribution in [-0.2, 0) is 16.1 Å². The number of piperazine rings is 1. The van der Waals surface area contributed by atoms with Crippen molar-refractivity contribution in [3.63, 3.8) is 0 Å². The van der Waals surface area contributed by atoms with Gasteiger partial charge in [0.25, 0.3) is 0 Å². The van der Waals surface area contributed by atoms with Gasteiger partial charge in [0.05, 0.1) is 20.8 Å². The second-order valence-electron chi connectivity index (χ2n) is 8.98. The fraction of sp³-hybridized carbons (Fsp3) is 0.312. The van der Waals surface area contributed by atoms with E-state index in [9.17, 15) is 9.59 Å². The Hall–Kier alpha value is -4.46. The Labute approximate surface area is 237 Å². The summed E-state index contributed by atoms with van der Waals surface area (Å²) in [4.78, 5) is 28.9. The minimum atomic E-state index is -0.0174. The maximum Gasteiger partial charge on any atom is 0.242 e. The molecule has 214 valence electrons. The number of aromatic nitrogens is 1. The average Bonchev–Trinajstić information content (AvgIpc) is 3.36. The van der Waals surface area contributed by atoms with Crippen LogP contribution >= 0.6 is 0 Å². The molecule has 1 aliphatic heterocycles. The molecular formula is C32H41N3O5. The molecule has 0 saturated carbocycles. The van der Waals surface area contributed by atoms with Crippen molar-refractivity contribution in [2.45, 2.75) is 34.2 Å². The second kappa shape index (κ2) is 16.5. The number of rotatable bonds is 5. The summed E-state index contributed by atoms with van der Waals surface area (Å²) in [6.45, 7) is 9.94. The van der Waals surface area contributed by atoms with E-state index in [1.165, 1.54) is 21.5 Å². The molecule has 1 fully saturated rings. The van der Waals surface area contributed by atoms with Crippen LogP contribution < -0.4 is 9.47 Å². The van der Waals surface area contributed by atoms with Crippen molar-refractivity contribution in [3.05, 3.63) is 89.6 Å². The van der Waals surface area contributed by atoms with Crippen LogP contribution in [0, 0.1) is 13.8 Å². The van der Waals surface area contributed by atoms with Gasteiger partial charge in [0.15, 0.2) is 0 Å². The molecule has 2 heterocycles. The van der Waals surface area contributed by atoms with Crippen molar-refractivity contribution in [2.75, 3.05) is 33.9 Å². The number of aryl methyl sites for hydroxylation is 2. The monoisotopic (exact) mass is 547 g/mol. The van der Waals surface area contributed by atoms with Crippen molar-refractivity contribution >= 4 is 23.2 Å². The standard InChI is InChI=1S/C13H16N2O3.C10H11NO.C7H8O.C2H6/c1-18-12-4-2-3-11(7-12)8-15-6-5-14(10-16)9-13(15)17;1-7-5-8-6-9(12-2)3-4-10(8)11-7;1-6-2-4-7(8)5-3-6;1-2/h2-4,7,10H,5-6,8-9H2,1H3;3-6,11H,1-2H3;2-5,8H,1H3;1-2H3. The summed E-state index contributed by atoms with van der Waals surface area (Å²) in [5, 5.41) is 9.96. The molecule has 0 spiro atoms. The number of aromatic amines is 1. The Balaban J connectivity index is 0.000000219. The Bertz CT molecular complexity index is 1310. The number of carbonyl (C=O) groups is 2. The number of hydrogen-bond acceptors (Lipinski definition) is 5. The molecule has 0 aliphatic carbocycles. The lowest BCUT2D eigenvalue weighted by atomic mass is 10.2. The third-order valence-electron chi connectivity index (χ3n) is 6.00. The Morgan fingerprint density at radius 2 is 1.57 bits per heavy atom. The third kappa shape index (κ3) is 10.0. The summed E-state index contributed by atoms with van der Waals surface area (Å²) in [5.41, 5.74) is 4.54. The number of nitrogens with one attached hydrogen (secondary N) is 1. The zero-order valence-corrected chi connectivity index (χ0v) is 24.3. The fourth-order valence-corrected chi connectivity index (χ4v) is 3.90. The van der Waals surface area contributed by atoms with Crippen molar-refractivity contribution in [1.82, 2.24) is 14.8 Å². The number of H-pyrrole nitrogens is 1. The number of carbonyl (C=O) groups excluding carboxylic acids is 2. The zero-order chi connectivity index (χ0) is 29.5. The van der Waals surface area contributed by atoms with Crippen LogP contribution in [0.2, 0.25) is 0 Å². The number of phenols is 1. The van der Waals surface area contributed by atoms with Gasteiger partial charge in [-0.3, -0.25) is 9.59 Å². The van der Waals surface area contributed by atoms with Gasteiger partial charge in [0.1, 0.15) is 17.2 Å². The highest BCUT2D eigenvalue weighted by atomic mass is 16.5. The highest BCUT2D eigenvalue weighted by Crippen LogP contribution is 2.20. The van der Waals surface area contributed by atoms with Crippen LogP contribution in [0.1, 0.15) is 30.7 Å². The van der Waals surface area contributed by atoms with Crippen molar-refractivity contribution in [3.8, 4) is 17.2 Å². The molecule has 3 aromatic carbocycles. The fourth-order valence-electron chi connectivity index (χ4n) is 3.90. The zero-order valence-electron chi connectivity index (χ0n) is 24.3. The molecule has 8 heteroatoms. The van der Waals surface area contributed by atoms with Crippen LogP contribution in [0.5, 0.6) is 17.2 Å². The number of ether oxygens (including phenoxy) is 2. The maximum atomic E-state index is 11.8. The normalized spacial score (nSPS) is 12.2. The average molecular weight is 548 g/mol. The highest BCUT2D eigenvalue weighted by Gasteiger charge is 2.22. The molecule has 1 aromatic heterocycles. The molecule has 2 N–H and O–H groups in total. The molecule has 4 aromatic rings. The van der Waals surface area contributed by atoms with Gasteiger partial charge in [-0.25, -0.2) is 0 Å². The van der Waals surface area contributed by atoms with Crippen LogP contribution in [0.15, 0.2) is 72.8 Å². The minimum Gasteiger partial charge on any atom is -0.508 e. The summed E-state index contributed by atoms with van der Waals surface area (Å²) < 4.78 is 10.3. The van der Waals surface area contributed by atoms with Gasteiger partial charge >= 0.3 is 0 Å². The van der Waals surface area contributed by atoms with E-state index in [0.29, 0.717) is 25.4 Å². The smallest absolute Gasteiger partial charge is 0.242 e. The van der Waals surface area contributed by atoms with Gasteiger partial charge in [-0.15, -0.1) is 0 Å². The second-order valence-corrected chi connectivity index (χ2v) is 8.98. The number of phenolic OH excluding ortho intramolecular Hbond substituents is 1. The van der Waals surface area contributed by atoms with E-state index in [0.717, 1.165) is 29.0 Å².